The lowest BCUT2D eigenvalue weighted by molar-refractivity contribution is -0.0552. The van der Waals surface area contributed by atoms with Crippen LogP contribution < -0.4 is 15.8 Å². The third kappa shape index (κ3) is 4.29. The van der Waals surface area contributed by atoms with Crippen molar-refractivity contribution in [1.29, 1.82) is 0 Å². The number of nitrogens with one attached hydrogen (secondary N) is 1. The highest BCUT2D eigenvalue weighted by Crippen LogP contribution is 2.48. The number of nitrogens with zero attached hydrogens (tertiary/aromatic N) is 4. The zero-order chi connectivity index (χ0) is 22.3. The number of carbonyl (C=O) groups excluding carboxylic acids is 1. The Kier molecular flexibility index (Phi) is 5.98. The third-order valence-electron chi connectivity index (χ3n) is 6.41. The second kappa shape index (κ2) is 8.75. The number of amides is 1. The predicted octanol–water partition coefficient (Wildman–Crippen LogP) is 2.02. The molecule has 1 aromatic rings. The van der Waals surface area contributed by atoms with E-state index in [-0.39, 0.29) is 23.1 Å². The number of hydrogen-bond acceptors (Lipinski definition) is 10. The average Bonchev–Trinajstić information content (AvgIpc) is 3.55. The van der Waals surface area contributed by atoms with Crippen molar-refractivity contribution in [2.75, 3.05) is 26.0 Å². The molecule has 4 aliphatic rings. The van der Waals surface area contributed by atoms with Gasteiger partial charge < -0.3 is 25.4 Å². The summed E-state index contributed by atoms with van der Waals surface area (Å²) < 4.78 is 11.6. The minimum Gasteiger partial charge on any atom is -0.476 e. The van der Waals surface area contributed by atoms with Gasteiger partial charge in [0.15, 0.2) is 5.17 Å². The van der Waals surface area contributed by atoms with Gasteiger partial charge in [-0.05, 0) is 32.1 Å². The first-order chi connectivity index (χ1) is 15.4. The first-order valence-corrected chi connectivity index (χ1v) is 12.8. The van der Waals surface area contributed by atoms with E-state index in [4.69, 9.17) is 20.2 Å². The Bertz CT molecular complexity index is 938. The fraction of sp³-hybridized carbons (Fsp3) is 0.619. The summed E-state index contributed by atoms with van der Waals surface area (Å²) in [6, 6.07) is 0. The van der Waals surface area contributed by atoms with Crippen molar-refractivity contribution in [3.05, 3.63) is 29.3 Å². The molecule has 3 N–H and O–H groups in total. The van der Waals surface area contributed by atoms with Gasteiger partial charge in [-0.15, -0.1) is 11.8 Å². The second-order valence-electron chi connectivity index (χ2n) is 8.86. The van der Waals surface area contributed by atoms with Gasteiger partial charge in [0.1, 0.15) is 22.4 Å². The average molecular weight is 477 g/mol. The minimum atomic E-state index is -0.440. The Morgan fingerprint density at radius 3 is 3.00 bits per heavy atom. The molecule has 1 saturated carbocycles. The maximum absolute atomic E-state index is 12.8. The molecule has 0 spiro atoms. The van der Waals surface area contributed by atoms with E-state index >= 15 is 0 Å². The van der Waals surface area contributed by atoms with E-state index in [0.717, 1.165) is 12.2 Å². The first kappa shape index (κ1) is 21.8. The van der Waals surface area contributed by atoms with Crippen LogP contribution in [0.5, 0.6) is 5.88 Å². The van der Waals surface area contributed by atoms with Crippen molar-refractivity contribution in [2.45, 2.75) is 43.2 Å². The van der Waals surface area contributed by atoms with Gasteiger partial charge in [-0.25, -0.2) is 9.97 Å². The van der Waals surface area contributed by atoms with Gasteiger partial charge in [-0.1, -0.05) is 11.8 Å². The van der Waals surface area contributed by atoms with Crippen molar-refractivity contribution in [2.24, 2.45) is 22.6 Å². The van der Waals surface area contributed by atoms with Gasteiger partial charge in [-0.3, -0.25) is 9.79 Å². The number of aliphatic imine (C=N–C) groups is 1. The van der Waals surface area contributed by atoms with Crippen LogP contribution in [0.15, 0.2) is 28.6 Å². The van der Waals surface area contributed by atoms with Crippen LogP contribution in [-0.2, 0) is 4.74 Å². The van der Waals surface area contributed by atoms with E-state index in [1.54, 1.807) is 23.5 Å². The first-order valence-electron chi connectivity index (χ1n) is 10.9. The van der Waals surface area contributed by atoms with E-state index < -0.39 is 5.54 Å². The molecule has 172 valence electrons. The highest BCUT2D eigenvalue weighted by atomic mass is 32.2. The standard InChI is InChI=1S/C21H28N6O3S2/c1-12-5-14-9-32-20(22)26-21(14,11-30-12)19-27(2)16(10-31-19)25-18(28)15-6-24-17(7-23-15)29-8-13-3-4-13/h6-7,10,12-14,19H,3-5,8-9,11H2,1-2H3,(H2,22,26)(H,25,28)/t12-,14-,19?,21-/m0/s1. The van der Waals surface area contributed by atoms with Crippen LogP contribution in [0.25, 0.3) is 0 Å². The van der Waals surface area contributed by atoms with E-state index in [0.29, 0.717) is 41.9 Å². The van der Waals surface area contributed by atoms with Crippen LogP contribution in [0.3, 0.4) is 0 Å². The van der Waals surface area contributed by atoms with E-state index in [2.05, 4.69) is 27.1 Å². The Hall–Kier alpha value is -1.98. The molecule has 3 aliphatic heterocycles. The lowest BCUT2D eigenvalue weighted by Gasteiger charge is -2.50. The molecule has 0 radical (unpaired) electrons. The summed E-state index contributed by atoms with van der Waals surface area (Å²) in [5, 5.41) is 5.51. The SMILES string of the molecule is C[C@H]1C[C@H]2CSC(N)=N[C@@]2(C2SC=C(NC(=O)c3cnc(OCC4CC4)cn3)N2C)CO1. The number of carbonyl (C=O) groups is 1. The molecule has 4 atom stereocenters. The topological polar surface area (TPSA) is 115 Å². The zero-order valence-electron chi connectivity index (χ0n) is 18.2. The number of fused-ring (bicyclic) bond motifs is 1. The second-order valence-corrected chi connectivity index (χ2v) is 10.9. The Balaban J connectivity index is 1.25. The van der Waals surface area contributed by atoms with E-state index in [9.17, 15) is 4.79 Å². The highest BCUT2D eigenvalue weighted by Gasteiger charge is 2.54. The summed E-state index contributed by atoms with van der Waals surface area (Å²) in [5.74, 6) is 2.77. The normalized spacial score (nSPS) is 32.1. The summed E-state index contributed by atoms with van der Waals surface area (Å²) in [5.41, 5.74) is 5.94. The largest absolute Gasteiger partial charge is 0.476 e. The van der Waals surface area contributed by atoms with Gasteiger partial charge in [-0.2, -0.15) is 0 Å². The van der Waals surface area contributed by atoms with Gasteiger partial charge in [0, 0.05) is 24.1 Å². The molecule has 2 fully saturated rings. The number of rotatable bonds is 6. The van der Waals surface area contributed by atoms with Crippen LogP contribution in [0.4, 0.5) is 0 Å². The fourth-order valence-electron chi connectivity index (χ4n) is 4.33. The monoisotopic (exact) mass is 476 g/mol. The lowest BCUT2D eigenvalue weighted by Crippen LogP contribution is -2.61. The maximum Gasteiger partial charge on any atom is 0.276 e. The van der Waals surface area contributed by atoms with Crippen LogP contribution in [-0.4, -0.2) is 69.0 Å². The van der Waals surface area contributed by atoms with Crippen molar-refractivity contribution >= 4 is 34.6 Å². The predicted molar refractivity (Wildman–Crippen MR) is 125 cm³/mol. The molecule has 9 nitrogen and oxygen atoms in total. The number of thioether (sulfide) groups is 2. The Morgan fingerprint density at radius 2 is 2.25 bits per heavy atom. The van der Waals surface area contributed by atoms with Crippen LogP contribution in [0, 0.1) is 11.8 Å². The minimum absolute atomic E-state index is 0.0148. The molecule has 1 aromatic heterocycles. The molecule has 0 aromatic carbocycles. The molecule has 1 unspecified atom stereocenters. The molecule has 0 bridgehead atoms. The number of ether oxygens (including phenoxy) is 2. The lowest BCUT2D eigenvalue weighted by atomic mass is 9.79. The van der Waals surface area contributed by atoms with E-state index in [1.165, 1.54) is 25.2 Å². The maximum atomic E-state index is 12.8. The summed E-state index contributed by atoms with van der Waals surface area (Å²) >= 11 is 3.26. The zero-order valence-corrected chi connectivity index (χ0v) is 19.8. The summed E-state index contributed by atoms with van der Waals surface area (Å²) in [6.45, 7) is 3.28. The number of likely N-dealkylation sites (N-methyl/N-ethyl adjacent to an activating group) is 1. The Morgan fingerprint density at radius 1 is 1.41 bits per heavy atom. The van der Waals surface area contributed by atoms with Crippen LogP contribution in [0.2, 0.25) is 0 Å². The highest BCUT2D eigenvalue weighted by molar-refractivity contribution is 8.13. The molecular weight excluding hydrogens is 448 g/mol. The van der Waals surface area contributed by atoms with Crippen molar-refractivity contribution in [1.82, 2.24) is 20.2 Å². The number of nitrogens with two attached hydrogens (primary N) is 1. The number of aromatic nitrogens is 2. The van der Waals surface area contributed by atoms with Crippen LogP contribution >= 0.6 is 23.5 Å². The molecule has 1 aliphatic carbocycles. The smallest absolute Gasteiger partial charge is 0.276 e. The van der Waals surface area contributed by atoms with E-state index in [1.807, 2.05) is 12.5 Å². The Labute approximate surface area is 196 Å². The van der Waals surface area contributed by atoms with Crippen molar-refractivity contribution in [3.63, 3.8) is 0 Å². The van der Waals surface area contributed by atoms with Gasteiger partial charge in [0.2, 0.25) is 5.88 Å². The molecule has 1 saturated heterocycles. The van der Waals surface area contributed by atoms with Gasteiger partial charge in [0.05, 0.1) is 31.7 Å². The molecule has 1 amide bonds. The van der Waals surface area contributed by atoms with Gasteiger partial charge >= 0.3 is 0 Å². The number of amidine groups is 1. The molecule has 32 heavy (non-hydrogen) atoms. The molecule has 5 rings (SSSR count). The summed E-state index contributed by atoms with van der Waals surface area (Å²) in [7, 11) is 1.97. The van der Waals surface area contributed by atoms with Gasteiger partial charge in [0.25, 0.3) is 5.91 Å². The molecule has 4 heterocycles. The number of hydrogen-bond donors (Lipinski definition) is 2. The fourth-order valence-corrected chi connectivity index (χ4v) is 6.69. The molecule has 11 heteroatoms. The van der Waals surface area contributed by atoms with Crippen molar-refractivity contribution in [3.8, 4) is 5.88 Å². The van der Waals surface area contributed by atoms with Crippen molar-refractivity contribution < 1.29 is 14.3 Å². The summed E-state index contributed by atoms with van der Waals surface area (Å²) in [6.07, 6.45) is 6.52. The summed E-state index contributed by atoms with van der Waals surface area (Å²) in [4.78, 5) is 28.2. The van der Waals surface area contributed by atoms with Crippen LogP contribution in [0.1, 0.15) is 36.7 Å². The molecular formula is C21H28N6O3S2. The quantitative estimate of drug-likeness (QED) is 0.636. The third-order valence-corrected chi connectivity index (χ3v) is 8.71.